The van der Waals surface area contributed by atoms with Crippen molar-refractivity contribution in [3.8, 4) is 0 Å². The molecule has 1 aromatic carbocycles. The number of carbonyl (C=O) groups excluding carboxylic acids is 1. The normalized spacial score (nSPS) is 11.2. The third-order valence-corrected chi connectivity index (χ3v) is 2.13. The topological polar surface area (TPSA) is 50.7 Å². The minimum Gasteiger partial charge on any atom is -0.461 e. The van der Waals surface area contributed by atoms with E-state index in [9.17, 15) is 9.18 Å². The molecule has 0 spiro atoms. The fourth-order valence-electron chi connectivity index (χ4n) is 0.995. The quantitative estimate of drug-likeness (QED) is 0.513. The number of nitrogens with one attached hydrogen (secondary N) is 1. The van der Waals surface area contributed by atoms with E-state index in [4.69, 9.17) is 16.3 Å². The van der Waals surface area contributed by atoms with Crippen molar-refractivity contribution in [2.45, 2.75) is 13.8 Å². The summed E-state index contributed by atoms with van der Waals surface area (Å²) in [7, 11) is 0. The molecule has 4 nitrogen and oxygen atoms in total. The molecule has 0 heterocycles. The van der Waals surface area contributed by atoms with Gasteiger partial charge in [0.05, 0.1) is 17.3 Å². The Morgan fingerprint density at radius 1 is 1.59 bits per heavy atom. The summed E-state index contributed by atoms with van der Waals surface area (Å²) in [6, 6.07) is 4.04. The van der Waals surface area contributed by atoms with E-state index in [-0.39, 0.29) is 17.3 Å². The Morgan fingerprint density at radius 2 is 2.29 bits per heavy atom. The summed E-state index contributed by atoms with van der Waals surface area (Å²) in [4.78, 5) is 11.2. The number of hydrogen-bond acceptors (Lipinski definition) is 4. The number of esters is 1. The molecule has 17 heavy (non-hydrogen) atoms. The Bertz CT molecular complexity index is 449. The lowest BCUT2D eigenvalue weighted by atomic mass is 10.3. The highest BCUT2D eigenvalue weighted by Crippen LogP contribution is 2.19. The standard InChI is InChI=1S/C11H12ClFN2O2/c1-3-17-11(16)7(2)14-15-8-4-5-10(13)9(12)6-8/h4-6,15H,3H2,1-2H3/b14-7+. The van der Waals surface area contributed by atoms with Gasteiger partial charge in [-0.25, -0.2) is 9.18 Å². The van der Waals surface area contributed by atoms with Gasteiger partial charge >= 0.3 is 5.97 Å². The monoisotopic (exact) mass is 258 g/mol. The number of hydrogen-bond donors (Lipinski definition) is 1. The first-order chi connectivity index (χ1) is 8.04. The van der Waals surface area contributed by atoms with Gasteiger partial charge in [0.1, 0.15) is 11.5 Å². The fraction of sp³-hybridized carbons (Fsp3) is 0.273. The van der Waals surface area contributed by atoms with Gasteiger partial charge in [0, 0.05) is 0 Å². The van der Waals surface area contributed by atoms with Crippen molar-refractivity contribution in [1.29, 1.82) is 0 Å². The highest BCUT2D eigenvalue weighted by molar-refractivity contribution is 6.35. The molecule has 1 N–H and O–H groups in total. The van der Waals surface area contributed by atoms with E-state index in [1.807, 2.05) is 0 Å². The molecule has 1 rings (SSSR count). The number of nitrogens with zero attached hydrogens (tertiary/aromatic N) is 1. The van der Waals surface area contributed by atoms with E-state index in [2.05, 4.69) is 10.5 Å². The van der Waals surface area contributed by atoms with Crippen molar-refractivity contribution >= 4 is 29.0 Å². The van der Waals surface area contributed by atoms with Crippen molar-refractivity contribution in [3.63, 3.8) is 0 Å². The number of ether oxygens (including phenoxy) is 1. The predicted octanol–water partition coefficient (Wildman–Crippen LogP) is 2.83. The molecule has 0 aliphatic heterocycles. The Balaban J connectivity index is 2.69. The molecule has 1 aromatic rings. The largest absolute Gasteiger partial charge is 0.461 e. The van der Waals surface area contributed by atoms with Crippen molar-refractivity contribution in [2.24, 2.45) is 5.10 Å². The van der Waals surface area contributed by atoms with E-state index in [0.717, 1.165) is 0 Å². The molecule has 0 bridgehead atoms. The van der Waals surface area contributed by atoms with Crippen LogP contribution in [-0.2, 0) is 9.53 Å². The zero-order valence-electron chi connectivity index (χ0n) is 9.46. The maximum atomic E-state index is 12.9. The lowest BCUT2D eigenvalue weighted by Gasteiger charge is -2.04. The van der Waals surface area contributed by atoms with Gasteiger partial charge in [-0.2, -0.15) is 5.10 Å². The van der Waals surface area contributed by atoms with Crippen LogP contribution in [0.4, 0.5) is 10.1 Å². The van der Waals surface area contributed by atoms with Crippen LogP contribution in [0.15, 0.2) is 23.3 Å². The average Bonchev–Trinajstić information content (AvgIpc) is 2.30. The average molecular weight is 259 g/mol. The maximum absolute atomic E-state index is 12.9. The van der Waals surface area contributed by atoms with Crippen LogP contribution in [0.1, 0.15) is 13.8 Å². The van der Waals surface area contributed by atoms with E-state index in [1.165, 1.54) is 25.1 Å². The highest BCUT2D eigenvalue weighted by Gasteiger charge is 2.06. The molecule has 0 amide bonds. The zero-order valence-corrected chi connectivity index (χ0v) is 10.2. The summed E-state index contributed by atoms with van der Waals surface area (Å²) in [6.07, 6.45) is 0. The first kappa shape index (κ1) is 13.4. The van der Waals surface area contributed by atoms with E-state index in [0.29, 0.717) is 5.69 Å². The summed E-state index contributed by atoms with van der Waals surface area (Å²) in [5, 5.41) is 3.78. The number of rotatable bonds is 4. The van der Waals surface area contributed by atoms with Gasteiger partial charge in [-0.15, -0.1) is 0 Å². The minimum absolute atomic E-state index is 0.0148. The van der Waals surface area contributed by atoms with Gasteiger partial charge in [-0.1, -0.05) is 11.6 Å². The summed E-state index contributed by atoms with van der Waals surface area (Å²) < 4.78 is 17.6. The van der Waals surface area contributed by atoms with Gasteiger partial charge in [0.2, 0.25) is 0 Å². The van der Waals surface area contributed by atoms with Crippen molar-refractivity contribution in [1.82, 2.24) is 0 Å². The molecule has 0 unspecified atom stereocenters. The van der Waals surface area contributed by atoms with Crippen LogP contribution in [0.25, 0.3) is 0 Å². The van der Waals surface area contributed by atoms with Gasteiger partial charge in [-0.05, 0) is 32.0 Å². The second-order valence-corrected chi connectivity index (χ2v) is 3.57. The van der Waals surface area contributed by atoms with Gasteiger partial charge < -0.3 is 4.74 Å². The molecular formula is C11H12ClFN2O2. The molecule has 92 valence electrons. The Morgan fingerprint density at radius 3 is 2.88 bits per heavy atom. The number of carbonyl (C=O) groups is 1. The molecule has 0 aliphatic carbocycles. The molecule has 0 fully saturated rings. The van der Waals surface area contributed by atoms with Crippen LogP contribution in [0.2, 0.25) is 5.02 Å². The summed E-state index contributed by atoms with van der Waals surface area (Å²) in [6.45, 7) is 3.50. The smallest absolute Gasteiger partial charge is 0.354 e. The van der Waals surface area contributed by atoms with Crippen LogP contribution in [0.5, 0.6) is 0 Å². The molecule has 0 atom stereocenters. The SMILES string of the molecule is CCOC(=O)/C(C)=N/Nc1ccc(F)c(Cl)c1. The van der Waals surface area contributed by atoms with Gasteiger partial charge in [0.15, 0.2) is 0 Å². The second-order valence-electron chi connectivity index (χ2n) is 3.16. The maximum Gasteiger partial charge on any atom is 0.354 e. The molecule has 0 saturated heterocycles. The second kappa shape index (κ2) is 6.20. The summed E-state index contributed by atoms with van der Waals surface area (Å²) >= 11 is 5.59. The molecule has 0 aliphatic rings. The molecule has 6 heteroatoms. The van der Waals surface area contributed by atoms with Crippen LogP contribution in [0.3, 0.4) is 0 Å². The molecule has 0 radical (unpaired) electrons. The Hall–Kier alpha value is -1.62. The summed E-state index contributed by atoms with van der Waals surface area (Å²) in [5.74, 6) is -1.02. The molecular weight excluding hydrogens is 247 g/mol. The molecule has 0 aromatic heterocycles. The van der Waals surface area contributed by atoms with Crippen LogP contribution in [-0.4, -0.2) is 18.3 Å². The van der Waals surface area contributed by atoms with Gasteiger partial charge in [0.25, 0.3) is 0 Å². The highest BCUT2D eigenvalue weighted by atomic mass is 35.5. The van der Waals surface area contributed by atoms with E-state index >= 15 is 0 Å². The summed E-state index contributed by atoms with van der Waals surface area (Å²) in [5.41, 5.74) is 3.25. The number of halogens is 2. The first-order valence-corrected chi connectivity index (χ1v) is 5.35. The van der Waals surface area contributed by atoms with Crippen molar-refractivity contribution in [3.05, 3.63) is 29.0 Å². The molecule has 0 saturated carbocycles. The lowest BCUT2D eigenvalue weighted by Crippen LogP contribution is -2.15. The fourth-order valence-corrected chi connectivity index (χ4v) is 1.18. The number of anilines is 1. The minimum atomic E-state index is -0.511. The Kier molecular flexibility index (Phi) is 4.90. The first-order valence-electron chi connectivity index (χ1n) is 4.97. The van der Waals surface area contributed by atoms with Crippen molar-refractivity contribution < 1.29 is 13.9 Å². The zero-order chi connectivity index (χ0) is 12.8. The van der Waals surface area contributed by atoms with Crippen LogP contribution in [0, 0.1) is 5.82 Å². The van der Waals surface area contributed by atoms with Crippen LogP contribution >= 0.6 is 11.6 Å². The third-order valence-electron chi connectivity index (χ3n) is 1.84. The number of hydrazone groups is 1. The Labute approximate surface area is 103 Å². The predicted molar refractivity (Wildman–Crippen MR) is 64.8 cm³/mol. The number of benzene rings is 1. The lowest BCUT2D eigenvalue weighted by molar-refractivity contribution is -0.135. The third kappa shape index (κ3) is 4.03. The van der Waals surface area contributed by atoms with E-state index in [1.54, 1.807) is 6.92 Å². The van der Waals surface area contributed by atoms with Gasteiger partial charge in [-0.3, -0.25) is 5.43 Å². The van der Waals surface area contributed by atoms with Crippen LogP contribution < -0.4 is 5.43 Å². The van der Waals surface area contributed by atoms with Crippen molar-refractivity contribution in [2.75, 3.05) is 12.0 Å². The van der Waals surface area contributed by atoms with E-state index < -0.39 is 11.8 Å².